The van der Waals surface area contributed by atoms with E-state index in [9.17, 15) is 5.11 Å². The predicted octanol–water partition coefficient (Wildman–Crippen LogP) is 5.31. The fourth-order valence-electron chi connectivity index (χ4n) is 5.11. The van der Waals surface area contributed by atoms with Crippen LogP contribution in [0.5, 0.6) is 11.6 Å². The molecule has 1 aliphatic rings. The maximum Gasteiger partial charge on any atom is 0.233 e. The average Bonchev–Trinajstić information content (AvgIpc) is 3.18. The van der Waals surface area contributed by atoms with E-state index in [1.807, 2.05) is 53.7 Å². The maximum atomic E-state index is 15.1. The van der Waals surface area contributed by atoms with E-state index >= 15 is 4.39 Å². The van der Waals surface area contributed by atoms with Gasteiger partial charge in [0, 0.05) is 42.2 Å². The molecule has 9 heteroatoms. The molecule has 0 spiro atoms. The van der Waals surface area contributed by atoms with Crippen molar-refractivity contribution in [1.82, 2.24) is 25.5 Å². The van der Waals surface area contributed by atoms with Gasteiger partial charge in [-0.2, -0.15) is 0 Å². The van der Waals surface area contributed by atoms with Gasteiger partial charge < -0.3 is 19.6 Å². The Morgan fingerprint density at radius 1 is 1.08 bits per heavy atom. The summed E-state index contributed by atoms with van der Waals surface area (Å²) in [6.07, 6.45) is 0.284. The number of hydrogen-bond acceptors (Lipinski definition) is 8. The van der Waals surface area contributed by atoms with Crippen LogP contribution in [0.25, 0.3) is 33.6 Å². The van der Waals surface area contributed by atoms with Gasteiger partial charge in [0.25, 0.3) is 0 Å². The summed E-state index contributed by atoms with van der Waals surface area (Å²) in [4.78, 5) is 8.83. The first-order valence-corrected chi connectivity index (χ1v) is 11.9. The number of nitrogens with zero attached hydrogens (tertiary/aromatic N) is 4. The molecule has 4 aromatic rings. The smallest absolute Gasteiger partial charge is 0.233 e. The normalized spacial score (nSPS) is 21.0. The van der Waals surface area contributed by atoms with Gasteiger partial charge >= 0.3 is 0 Å². The minimum atomic E-state index is -1.21. The van der Waals surface area contributed by atoms with Crippen molar-refractivity contribution in [1.29, 1.82) is 0 Å². The van der Waals surface area contributed by atoms with Gasteiger partial charge in [0.15, 0.2) is 17.6 Å². The van der Waals surface area contributed by atoms with E-state index in [0.29, 0.717) is 29.3 Å². The van der Waals surface area contributed by atoms with Crippen molar-refractivity contribution >= 4 is 11.1 Å². The number of nitrogens with one attached hydrogen (secondary N) is 1. The molecule has 1 saturated heterocycles. The SMILES string of the molecule is Cc1nc2c(C)cc(-c3cnc(-c4ccc(O[C@@H]5CC(C)(C)NC(C)(C)[C@@H]5F)nn4)c(O)c3)cc2o1. The summed E-state index contributed by atoms with van der Waals surface area (Å²) in [6.45, 7) is 11.5. The van der Waals surface area contributed by atoms with Crippen molar-refractivity contribution in [3.8, 4) is 34.1 Å². The molecule has 0 aliphatic carbocycles. The standard InChI is InChI=1S/C27H30FN5O3/c1-14-9-16(11-20-23(14)30-15(2)35-20)17-10-19(34)24(29-13-17)18-7-8-22(32-31-18)36-21-12-26(3,4)33-27(5,6)25(21)28/h7-11,13,21,25,33-34H,12H2,1-6H3/t21-,25-/m1/s1. The average molecular weight is 492 g/mol. The molecule has 36 heavy (non-hydrogen) atoms. The van der Waals surface area contributed by atoms with Gasteiger partial charge in [0.2, 0.25) is 5.88 Å². The number of ether oxygens (including phenoxy) is 1. The second-order valence-electron chi connectivity index (χ2n) is 10.7. The van der Waals surface area contributed by atoms with Gasteiger partial charge in [-0.1, -0.05) is 0 Å². The number of alkyl halides is 1. The van der Waals surface area contributed by atoms with Crippen molar-refractivity contribution in [2.45, 2.75) is 71.3 Å². The van der Waals surface area contributed by atoms with Crippen LogP contribution in [0.15, 0.2) is 40.9 Å². The van der Waals surface area contributed by atoms with Gasteiger partial charge in [-0.15, -0.1) is 10.2 Å². The van der Waals surface area contributed by atoms with E-state index in [4.69, 9.17) is 9.15 Å². The highest BCUT2D eigenvalue weighted by Gasteiger charge is 2.47. The number of fused-ring (bicyclic) bond motifs is 1. The summed E-state index contributed by atoms with van der Waals surface area (Å²) >= 11 is 0. The summed E-state index contributed by atoms with van der Waals surface area (Å²) < 4.78 is 26.6. The summed E-state index contributed by atoms with van der Waals surface area (Å²) in [5, 5.41) is 22.3. The predicted molar refractivity (Wildman–Crippen MR) is 135 cm³/mol. The first-order chi connectivity index (χ1) is 16.9. The lowest BCUT2D eigenvalue weighted by Crippen LogP contribution is -2.66. The number of halogens is 1. The van der Waals surface area contributed by atoms with Gasteiger partial charge in [-0.25, -0.2) is 14.4 Å². The molecule has 0 saturated carbocycles. The highest BCUT2D eigenvalue weighted by atomic mass is 19.1. The van der Waals surface area contributed by atoms with Crippen LogP contribution in [0.4, 0.5) is 4.39 Å². The third kappa shape index (κ3) is 4.51. The first-order valence-electron chi connectivity index (χ1n) is 11.9. The topological polar surface area (TPSA) is 106 Å². The second kappa shape index (κ2) is 8.51. The Balaban J connectivity index is 1.37. The van der Waals surface area contributed by atoms with E-state index in [1.54, 1.807) is 24.4 Å². The Morgan fingerprint density at radius 3 is 2.56 bits per heavy atom. The summed E-state index contributed by atoms with van der Waals surface area (Å²) in [7, 11) is 0. The third-order valence-electron chi connectivity index (χ3n) is 6.54. The molecule has 1 aromatic carbocycles. The van der Waals surface area contributed by atoms with Crippen LogP contribution < -0.4 is 10.1 Å². The van der Waals surface area contributed by atoms with Crippen molar-refractivity contribution in [2.24, 2.45) is 0 Å². The third-order valence-corrected chi connectivity index (χ3v) is 6.54. The lowest BCUT2D eigenvalue weighted by Gasteiger charge is -2.48. The van der Waals surface area contributed by atoms with E-state index < -0.39 is 17.8 Å². The van der Waals surface area contributed by atoms with Gasteiger partial charge in [0.05, 0.1) is 0 Å². The number of benzene rings is 1. The van der Waals surface area contributed by atoms with Crippen molar-refractivity contribution in [3.05, 3.63) is 48.0 Å². The van der Waals surface area contributed by atoms with Crippen LogP contribution in [0.2, 0.25) is 0 Å². The molecule has 1 aliphatic heterocycles. The molecule has 0 radical (unpaired) electrons. The Kier molecular flexibility index (Phi) is 5.70. The number of aryl methyl sites for hydroxylation is 2. The number of pyridine rings is 1. The lowest BCUT2D eigenvalue weighted by molar-refractivity contribution is -0.0281. The van der Waals surface area contributed by atoms with Crippen molar-refractivity contribution in [3.63, 3.8) is 0 Å². The molecular weight excluding hydrogens is 461 g/mol. The first kappa shape index (κ1) is 24.1. The number of aromatic nitrogens is 4. The minimum absolute atomic E-state index is 0.0346. The Morgan fingerprint density at radius 2 is 1.86 bits per heavy atom. The molecule has 188 valence electrons. The van der Waals surface area contributed by atoms with Crippen LogP contribution in [0.1, 0.15) is 45.6 Å². The van der Waals surface area contributed by atoms with E-state index in [2.05, 4.69) is 25.5 Å². The van der Waals surface area contributed by atoms with Crippen molar-refractivity contribution < 1.29 is 18.7 Å². The van der Waals surface area contributed by atoms with E-state index in [1.165, 1.54) is 0 Å². The summed E-state index contributed by atoms with van der Waals surface area (Å²) in [6, 6.07) is 8.77. The number of rotatable bonds is 4. The lowest BCUT2D eigenvalue weighted by atomic mass is 9.79. The van der Waals surface area contributed by atoms with Crippen molar-refractivity contribution in [2.75, 3.05) is 0 Å². The molecule has 4 heterocycles. The zero-order valence-electron chi connectivity index (χ0n) is 21.3. The van der Waals surface area contributed by atoms with Gasteiger partial charge in [-0.3, -0.25) is 0 Å². The number of oxazole rings is 1. The van der Waals surface area contributed by atoms with Gasteiger partial charge in [0.1, 0.15) is 28.8 Å². The van der Waals surface area contributed by atoms with Crippen LogP contribution in [-0.4, -0.2) is 48.6 Å². The zero-order chi connectivity index (χ0) is 25.8. The Labute approximate surface area is 209 Å². The molecule has 0 bridgehead atoms. The van der Waals surface area contributed by atoms with Crippen LogP contribution in [0, 0.1) is 13.8 Å². The zero-order valence-corrected chi connectivity index (χ0v) is 21.3. The number of piperidine rings is 1. The molecule has 2 N–H and O–H groups in total. The number of hydrogen-bond donors (Lipinski definition) is 2. The second-order valence-corrected chi connectivity index (χ2v) is 10.7. The highest BCUT2D eigenvalue weighted by Crippen LogP contribution is 2.35. The van der Waals surface area contributed by atoms with E-state index in [-0.39, 0.29) is 17.2 Å². The molecule has 0 amide bonds. The largest absolute Gasteiger partial charge is 0.506 e. The molecule has 2 atom stereocenters. The molecule has 8 nitrogen and oxygen atoms in total. The fraction of sp³-hybridized carbons (Fsp3) is 0.407. The Bertz CT molecular complexity index is 1430. The number of aromatic hydroxyl groups is 1. The van der Waals surface area contributed by atoms with Crippen LogP contribution in [0.3, 0.4) is 0 Å². The molecule has 5 rings (SSSR count). The fourth-order valence-corrected chi connectivity index (χ4v) is 5.11. The minimum Gasteiger partial charge on any atom is -0.506 e. The van der Waals surface area contributed by atoms with Gasteiger partial charge in [-0.05, 0) is 70.0 Å². The quantitative estimate of drug-likeness (QED) is 0.396. The molecule has 1 fully saturated rings. The Hall–Kier alpha value is -3.59. The summed E-state index contributed by atoms with van der Waals surface area (Å²) in [5.74, 6) is 0.789. The highest BCUT2D eigenvalue weighted by molar-refractivity contribution is 5.84. The summed E-state index contributed by atoms with van der Waals surface area (Å²) in [5.41, 5.74) is 3.72. The van der Waals surface area contributed by atoms with E-state index in [0.717, 1.165) is 22.2 Å². The maximum absolute atomic E-state index is 15.1. The van der Waals surface area contributed by atoms with Crippen LogP contribution >= 0.6 is 0 Å². The van der Waals surface area contributed by atoms with Crippen LogP contribution in [-0.2, 0) is 0 Å². The molecule has 0 unspecified atom stereocenters. The monoisotopic (exact) mass is 491 g/mol. The molecule has 3 aromatic heterocycles. The molecular formula is C27H30FN5O3.